The van der Waals surface area contributed by atoms with Gasteiger partial charge in [-0.25, -0.2) is 0 Å². The number of carbonyl (C=O) groups is 1. The first-order chi connectivity index (χ1) is 14.2. The van der Waals surface area contributed by atoms with Gasteiger partial charge in [0.15, 0.2) is 0 Å². The minimum atomic E-state index is 0.0967. The number of hydrogen-bond acceptors (Lipinski definition) is 1. The average Bonchev–Trinajstić information content (AvgIpc) is 2.78. The van der Waals surface area contributed by atoms with Gasteiger partial charge in [0.1, 0.15) is 0 Å². The molecule has 1 atom stereocenters. The molecule has 0 saturated carbocycles. The monoisotopic (exact) mass is 383 g/mol. The SMILES string of the molecule is CN(CC1CCc2ccccc2C1)C(=O)CC(c1ccccc1)c1ccccc1. The summed E-state index contributed by atoms with van der Waals surface area (Å²) in [5.41, 5.74) is 5.33. The molecule has 0 aliphatic heterocycles. The van der Waals surface area contributed by atoms with Crippen LogP contribution < -0.4 is 0 Å². The van der Waals surface area contributed by atoms with E-state index in [-0.39, 0.29) is 11.8 Å². The summed E-state index contributed by atoms with van der Waals surface area (Å²) in [4.78, 5) is 15.1. The van der Waals surface area contributed by atoms with Gasteiger partial charge >= 0.3 is 0 Å². The van der Waals surface area contributed by atoms with E-state index >= 15 is 0 Å². The van der Waals surface area contributed by atoms with E-state index < -0.39 is 0 Å². The van der Waals surface area contributed by atoms with Crippen molar-refractivity contribution in [3.05, 3.63) is 107 Å². The largest absolute Gasteiger partial charge is 0.345 e. The van der Waals surface area contributed by atoms with Crippen LogP contribution in [0.3, 0.4) is 0 Å². The third kappa shape index (κ3) is 4.76. The van der Waals surface area contributed by atoms with E-state index in [2.05, 4.69) is 72.8 Å². The number of nitrogens with zero attached hydrogens (tertiary/aromatic N) is 1. The lowest BCUT2D eigenvalue weighted by molar-refractivity contribution is -0.130. The Bertz CT molecular complexity index is 896. The number of rotatable bonds is 6. The molecule has 3 aromatic rings. The van der Waals surface area contributed by atoms with Gasteiger partial charge in [0, 0.05) is 25.9 Å². The number of amides is 1. The van der Waals surface area contributed by atoms with E-state index in [1.54, 1.807) is 0 Å². The van der Waals surface area contributed by atoms with Crippen LogP contribution in [0.4, 0.5) is 0 Å². The van der Waals surface area contributed by atoms with Gasteiger partial charge in [0.25, 0.3) is 0 Å². The molecule has 0 saturated heterocycles. The van der Waals surface area contributed by atoms with Gasteiger partial charge in [-0.1, -0.05) is 84.9 Å². The summed E-state index contributed by atoms with van der Waals surface area (Å²) < 4.78 is 0. The molecule has 1 aliphatic carbocycles. The van der Waals surface area contributed by atoms with Crippen molar-refractivity contribution in [2.75, 3.05) is 13.6 Å². The van der Waals surface area contributed by atoms with Crippen molar-refractivity contribution >= 4 is 5.91 Å². The molecule has 29 heavy (non-hydrogen) atoms. The molecule has 0 radical (unpaired) electrons. The summed E-state index contributed by atoms with van der Waals surface area (Å²) in [7, 11) is 1.97. The lowest BCUT2D eigenvalue weighted by atomic mass is 9.83. The van der Waals surface area contributed by atoms with E-state index in [1.807, 2.05) is 24.1 Å². The first-order valence-electron chi connectivity index (χ1n) is 10.6. The number of hydrogen-bond donors (Lipinski definition) is 0. The fourth-order valence-corrected chi connectivity index (χ4v) is 4.55. The number of carbonyl (C=O) groups excluding carboxylic acids is 1. The molecule has 0 heterocycles. The second-order valence-corrected chi connectivity index (χ2v) is 8.23. The molecule has 4 rings (SSSR count). The predicted octanol–water partition coefficient (Wildman–Crippen LogP) is 5.47. The fraction of sp³-hybridized carbons (Fsp3) is 0.296. The molecule has 0 bridgehead atoms. The first kappa shape index (κ1) is 19.4. The van der Waals surface area contributed by atoms with Gasteiger partial charge in [0.2, 0.25) is 5.91 Å². The van der Waals surface area contributed by atoms with Gasteiger partial charge in [-0.05, 0) is 47.4 Å². The van der Waals surface area contributed by atoms with Crippen molar-refractivity contribution in [1.29, 1.82) is 0 Å². The number of benzene rings is 3. The predicted molar refractivity (Wildman–Crippen MR) is 119 cm³/mol. The molecule has 0 fully saturated rings. The van der Waals surface area contributed by atoms with Crippen LogP contribution in [0.15, 0.2) is 84.9 Å². The van der Waals surface area contributed by atoms with Gasteiger partial charge < -0.3 is 4.90 Å². The highest BCUT2D eigenvalue weighted by molar-refractivity contribution is 5.77. The summed E-state index contributed by atoms with van der Waals surface area (Å²) in [6.45, 7) is 0.837. The minimum absolute atomic E-state index is 0.0967. The highest BCUT2D eigenvalue weighted by atomic mass is 16.2. The maximum absolute atomic E-state index is 13.1. The van der Waals surface area contributed by atoms with E-state index in [4.69, 9.17) is 0 Å². The van der Waals surface area contributed by atoms with E-state index in [1.165, 1.54) is 22.3 Å². The molecule has 0 spiro atoms. The smallest absolute Gasteiger partial charge is 0.223 e. The fourth-order valence-electron chi connectivity index (χ4n) is 4.55. The Morgan fingerprint density at radius 2 is 1.41 bits per heavy atom. The van der Waals surface area contributed by atoms with Crippen LogP contribution in [0, 0.1) is 5.92 Å². The Morgan fingerprint density at radius 3 is 2.03 bits per heavy atom. The van der Waals surface area contributed by atoms with Crippen molar-refractivity contribution < 1.29 is 4.79 Å². The normalized spacial score (nSPS) is 15.7. The topological polar surface area (TPSA) is 20.3 Å². The van der Waals surface area contributed by atoms with Crippen LogP contribution in [0.5, 0.6) is 0 Å². The van der Waals surface area contributed by atoms with Crippen molar-refractivity contribution in [1.82, 2.24) is 4.90 Å². The maximum Gasteiger partial charge on any atom is 0.223 e. The third-order valence-electron chi connectivity index (χ3n) is 6.19. The van der Waals surface area contributed by atoms with E-state index in [0.717, 1.165) is 25.8 Å². The summed E-state index contributed by atoms with van der Waals surface area (Å²) in [6.07, 6.45) is 3.87. The van der Waals surface area contributed by atoms with Gasteiger partial charge in [0.05, 0.1) is 0 Å². The number of aryl methyl sites for hydroxylation is 1. The quantitative estimate of drug-likeness (QED) is 0.552. The summed E-state index contributed by atoms with van der Waals surface area (Å²) in [5, 5.41) is 0. The molecule has 1 aliphatic rings. The lowest BCUT2D eigenvalue weighted by Crippen LogP contribution is -2.34. The zero-order chi connectivity index (χ0) is 20.1. The summed E-state index contributed by atoms with van der Waals surface area (Å²) >= 11 is 0. The molecule has 0 aromatic heterocycles. The Labute approximate surface area is 174 Å². The van der Waals surface area contributed by atoms with Crippen LogP contribution in [0.2, 0.25) is 0 Å². The molecular weight excluding hydrogens is 354 g/mol. The molecule has 1 unspecified atom stereocenters. The molecule has 0 N–H and O–H groups in total. The molecule has 148 valence electrons. The first-order valence-corrected chi connectivity index (χ1v) is 10.6. The van der Waals surface area contributed by atoms with Crippen LogP contribution in [-0.4, -0.2) is 24.4 Å². The maximum atomic E-state index is 13.1. The molecule has 2 heteroatoms. The van der Waals surface area contributed by atoms with Crippen molar-refractivity contribution in [2.45, 2.75) is 31.6 Å². The van der Waals surface area contributed by atoms with Gasteiger partial charge in [-0.15, -0.1) is 0 Å². The Balaban J connectivity index is 1.44. The molecular formula is C27H29NO. The summed E-state index contributed by atoms with van der Waals surface area (Å²) in [5.74, 6) is 0.867. The zero-order valence-corrected chi connectivity index (χ0v) is 17.1. The average molecular weight is 384 g/mol. The highest BCUT2D eigenvalue weighted by Gasteiger charge is 2.24. The van der Waals surface area contributed by atoms with Crippen LogP contribution in [0.1, 0.15) is 41.0 Å². The molecule has 2 nitrogen and oxygen atoms in total. The van der Waals surface area contributed by atoms with E-state index in [0.29, 0.717) is 12.3 Å². The van der Waals surface area contributed by atoms with Crippen LogP contribution in [-0.2, 0) is 17.6 Å². The second-order valence-electron chi connectivity index (χ2n) is 8.23. The van der Waals surface area contributed by atoms with Gasteiger partial charge in [-0.2, -0.15) is 0 Å². The van der Waals surface area contributed by atoms with Crippen LogP contribution in [0.25, 0.3) is 0 Å². The summed E-state index contributed by atoms with van der Waals surface area (Å²) in [6, 6.07) is 29.5. The minimum Gasteiger partial charge on any atom is -0.345 e. The molecule has 1 amide bonds. The van der Waals surface area contributed by atoms with Crippen LogP contribution >= 0.6 is 0 Å². The second kappa shape index (κ2) is 9.09. The Hall–Kier alpha value is -2.87. The number of fused-ring (bicyclic) bond motifs is 1. The standard InChI is InChI=1S/C27H29NO/c1-28(20-21-16-17-22-10-8-9-15-25(22)18-21)27(29)19-26(23-11-4-2-5-12-23)24-13-6-3-7-14-24/h2-15,21,26H,16-20H2,1H3. The lowest BCUT2D eigenvalue weighted by Gasteiger charge is -2.29. The van der Waals surface area contributed by atoms with Gasteiger partial charge in [-0.3, -0.25) is 4.79 Å². The Kier molecular flexibility index (Phi) is 6.09. The van der Waals surface area contributed by atoms with Crippen molar-refractivity contribution in [3.8, 4) is 0 Å². The Morgan fingerprint density at radius 1 is 0.862 bits per heavy atom. The molecule has 3 aromatic carbocycles. The van der Waals surface area contributed by atoms with Crippen molar-refractivity contribution in [2.24, 2.45) is 5.92 Å². The highest BCUT2D eigenvalue weighted by Crippen LogP contribution is 2.30. The van der Waals surface area contributed by atoms with E-state index in [9.17, 15) is 4.79 Å². The van der Waals surface area contributed by atoms with Crippen molar-refractivity contribution in [3.63, 3.8) is 0 Å². The zero-order valence-electron chi connectivity index (χ0n) is 17.1. The third-order valence-corrected chi connectivity index (χ3v) is 6.19.